The second-order valence-corrected chi connectivity index (χ2v) is 9.34. The number of para-hydroxylation sites is 1. The molecule has 0 bridgehead atoms. The Hall–Kier alpha value is -2.39. The number of aromatic nitrogens is 2. The summed E-state index contributed by atoms with van der Waals surface area (Å²) in [6.07, 6.45) is 4.65. The third-order valence-corrected chi connectivity index (χ3v) is 6.01. The van der Waals surface area contributed by atoms with E-state index in [1.165, 1.54) is 0 Å². The average Bonchev–Trinajstić information content (AvgIpc) is 3.17. The Morgan fingerprint density at radius 3 is 2.73 bits per heavy atom. The van der Waals surface area contributed by atoms with Gasteiger partial charge in [-0.15, -0.1) is 11.8 Å². The van der Waals surface area contributed by atoms with Crippen molar-refractivity contribution in [3.8, 4) is 5.75 Å². The number of rotatable bonds is 7. The van der Waals surface area contributed by atoms with Crippen molar-refractivity contribution in [1.29, 1.82) is 0 Å². The fourth-order valence-electron chi connectivity index (χ4n) is 3.35. The summed E-state index contributed by atoms with van der Waals surface area (Å²) in [7, 11) is 0. The van der Waals surface area contributed by atoms with Gasteiger partial charge in [-0.3, -0.25) is 5.43 Å². The number of thioether (sulfide) groups is 2. The second-order valence-electron chi connectivity index (χ2n) is 7.31. The van der Waals surface area contributed by atoms with Gasteiger partial charge in [0.1, 0.15) is 29.0 Å². The monoisotopic (exact) mass is 442 g/mol. The molecule has 7 nitrogen and oxygen atoms in total. The maximum absolute atomic E-state index is 5.79. The molecule has 2 aromatic rings. The Balaban J connectivity index is 1.72. The minimum atomic E-state index is 0.0305. The van der Waals surface area contributed by atoms with Gasteiger partial charge >= 0.3 is 0 Å². The first-order valence-electron chi connectivity index (χ1n) is 10.0. The number of hydrogen-bond acceptors (Lipinski definition) is 9. The van der Waals surface area contributed by atoms with Crippen LogP contribution in [0.2, 0.25) is 0 Å². The molecule has 1 aromatic heterocycles. The molecule has 1 aromatic carbocycles. The third kappa shape index (κ3) is 4.37. The van der Waals surface area contributed by atoms with E-state index < -0.39 is 0 Å². The van der Waals surface area contributed by atoms with Gasteiger partial charge in [-0.2, -0.15) is 0 Å². The van der Waals surface area contributed by atoms with Crippen molar-refractivity contribution in [2.45, 2.75) is 43.5 Å². The summed E-state index contributed by atoms with van der Waals surface area (Å²) < 4.78 is 5.79. The van der Waals surface area contributed by atoms with Gasteiger partial charge in [-0.05, 0) is 36.5 Å². The lowest BCUT2D eigenvalue weighted by Crippen LogP contribution is -2.53. The molecule has 0 saturated carbocycles. The lowest BCUT2D eigenvalue weighted by molar-refractivity contribution is 0.251. The Kier molecular flexibility index (Phi) is 6.38. The summed E-state index contributed by atoms with van der Waals surface area (Å²) in [5.41, 5.74) is 4.31. The first-order valence-corrected chi connectivity index (χ1v) is 12.2. The van der Waals surface area contributed by atoms with E-state index in [-0.39, 0.29) is 6.17 Å². The zero-order valence-electron chi connectivity index (χ0n) is 17.5. The van der Waals surface area contributed by atoms with Crippen LogP contribution >= 0.6 is 23.5 Å². The summed E-state index contributed by atoms with van der Waals surface area (Å²) in [6.45, 7) is 6.54. The highest BCUT2D eigenvalue weighted by atomic mass is 32.2. The normalized spacial score (nSPS) is 18.6. The molecular formula is C21H26N6OS2. The van der Waals surface area contributed by atoms with Crippen molar-refractivity contribution in [2.24, 2.45) is 10.9 Å². The first-order chi connectivity index (χ1) is 14.6. The van der Waals surface area contributed by atoms with Gasteiger partial charge < -0.3 is 10.1 Å². The maximum atomic E-state index is 5.79. The van der Waals surface area contributed by atoms with Crippen LogP contribution < -0.4 is 15.5 Å². The quantitative estimate of drug-likeness (QED) is 0.280. The van der Waals surface area contributed by atoms with Gasteiger partial charge in [0, 0.05) is 0 Å². The van der Waals surface area contributed by atoms with E-state index in [0.29, 0.717) is 11.7 Å². The molecule has 2 N–H and O–H groups in total. The highest BCUT2D eigenvalue weighted by Gasteiger charge is 2.38. The molecular weight excluding hydrogens is 416 g/mol. The zero-order valence-corrected chi connectivity index (χ0v) is 19.2. The number of hydrazine groups is 1. The smallest absolute Gasteiger partial charge is 0.190 e. The van der Waals surface area contributed by atoms with Crippen molar-refractivity contribution in [1.82, 2.24) is 20.4 Å². The molecule has 30 heavy (non-hydrogen) atoms. The molecule has 158 valence electrons. The van der Waals surface area contributed by atoms with Crippen LogP contribution in [0, 0.1) is 5.92 Å². The lowest BCUT2D eigenvalue weighted by atomic mass is 10.1. The molecule has 0 saturated heterocycles. The van der Waals surface area contributed by atoms with Crippen LogP contribution in [0.3, 0.4) is 0 Å². The molecule has 3 heterocycles. The van der Waals surface area contributed by atoms with Crippen LogP contribution in [0.25, 0.3) is 0 Å². The molecule has 0 radical (unpaired) electrons. The number of hydrogen-bond donors (Lipinski definition) is 2. The summed E-state index contributed by atoms with van der Waals surface area (Å²) in [5, 5.41) is 7.38. The summed E-state index contributed by atoms with van der Waals surface area (Å²) in [4.78, 5) is 14.4. The predicted molar refractivity (Wildman–Crippen MR) is 124 cm³/mol. The van der Waals surface area contributed by atoms with Crippen molar-refractivity contribution in [2.75, 3.05) is 17.3 Å². The van der Waals surface area contributed by atoms with Crippen molar-refractivity contribution in [3.63, 3.8) is 0 Å². The molecule has 0 amide bonds. The summed E-state index contributed by atoms with van der Waals surface area (Å²) in [5.74, 6) is 4.53. The standard InChI is InChI=1S/C21H26N6OS2/c1-5-30-21-24-18-17(20(25-21)29-4)19-22-15(12-28-14-9-7-6-8-10-14)26-27(19)16(23-18)11-13(2)3/h6-10,12-13,16,26H,5,11H2,1-4H3,(H,23,24,25). The van der Waals surface area contributed by atoms with E-state index in [4.69, 9.17) is 19.7 Å². The Morgan fingerprint density at radius 1 is 1.23 bits per heavy atom. The molecule has 4 rings (SSSR count). The van der Waals surface area contributed by atoms with Gasteiger partial charge in [0.05, 0.1) is 5.56 Å². The number of anilines is 1. The number of benzene rings is 1. The Bertz CT molecular complexity index is 963. The van der Waals surface area contributed by atoms with Crippen LogP contribution in [0.15, 0.2) is 57.6 Å². The minimum absolute atomic E-state index is 0.0305. The van der Waals surface area contributed by atoms with Crippen LogP contribution in [0.4, 0.5) is 5.82 Å². The molecule has 0 aliphatic carbocycles. The van der Waals surface area contributed by atoms with E-state index in [1.54, 1.807) is 29.8 Å². The molecule has 0 spiro atoms. The fraction of sp³-hybridized carbons (Fsp3) is 0.381. The highest BCUT2D eigenvalue weighted by Crippen LogP contribution is 2.35. The number of aliphatic imine (C=N–C) groups is 1. The number of nitrogens with one attached hydrogen (secondary N) is 2. The van der Waals surface area contributed by atoms with Gasteiger partial charge in [-0.25, -0.2) is 20.0 Å². The van der Waals surface area contributed by atoms with Gasteiger partial charge in [0.25, 0.3) is 0 Å². The molecule has 9 heteroatoms. The zero-order chi connectivity index (χ0) is 21.1. The number of nitrogens with zero attached hydrogens (tertiary/aromatic N) is 4. The Labute approximate surface area is 185 Å². The summed E-state index contributed by atoms with van der Waals surface area (Å²) >= 11 is 3.26. The first kappa shape index (κ1) is 20.9. The van der Waals surface area contributed by atoms with Crippen molar-refractivity contribution < 1.29 is 4.74 Å². The van der Waals surface area contributed by atoms with Crippen LogP contribution in [0.5, 0.6) is 5.75 Å². The van der Waals surface area contributed by atoms with Crippen molar-refractivity contribution >= 4 is 35.2 Å². The van der Waals surface area contributed by atoms with E-state index in [0.717, 1.165) is 45.3 Å². The highest BCUT2D eigenvalue weighted by molar-refractivity contribution is 7.99. The SMILES string of the molecule is CCSc1nc2c(c(SC)n1)C1=NC(=COc3ccccc3)NN1C(CC(C)C)N2. The largest absolute Gasteiger partial charge is 0.461 e. The van der Waals surface area contributed by atoms with E-state index in [2.05, 4.69) is 36.5 Å². The average molecular weight is 443 g/mol. The second kappa shape index (κ2) is 9.18. The van der Waals surface area contributed by atoms with Gasteiger partial charge in [-0.1, -0.05) is 50.7 Å². The van der Waals surface area contributed by atoms with Crippen LogP contribution in [0.1, 0.15) is 32.8 Å². The molecule has 1 atom stereocenters. The fourth-order valence-corrected chi connectivity index (χ4v) is 4.55. The third-order valence-electron chi connectivity index (χ3n) is 4.59. The van der Waals surface area contributed by atoms with E-state index in [9.17, 15) is 0 Å². The molecule has 1 unspecified atom stereocenters. The van der Waals surface area contributed by atoms with Crippen LogP contribution in [-0.4, -0.2) is 39.0 Å². The van der Waals surface area contributed by atoms with Gasteiger partial charge in [0.15, 0.2) is 16.8 Å². The van der Waals surface area contributed by atoms with E-state index in [1.807, 2.05) is 36.6 Å². The van der Waals surface area contributed by atoms with E-state index >= 15 is 0 Å². The summed E-state index contributed by atoms with van der Waals surface area (Å²) in [6, 6.07) is 9.67. The lowest BCUT2D eigenvalue weighted by Gasteiger charge is -2.37. The van der Waals surface area contributed by atoms with Crippen molar-refractivity contribution in [3.05, 3.63) is 48.0 Å². The molecule has 2 aliphatic heterocycles. The molecule has 0 fully saturated rings. The molecule has 2 aliphatic rings. The minimum Gasteiger partial charge on any atom is -0.461 e. The number of amidine groups is 1. The predicted octanol–water partition coefficient (Wildman–Crippen LogP) is 4.55. The maximum Gasteiger partial charge on any atom is 0.190 e. The van der Waals surface area contributed by atoms with Gasteiger partial charge in [0.2, 0.25) is 0 Å². The number of fused-ring (bicyclic) bond motifs is 3. The number of ether oxygens (including phenoxy) is 1. The Morgan fingerprint density at radius 2 is 2.03 bits per heavy atom. The topological polar surface area (TPSA) is 74.7 Å². The van der Waals surface area contributed by atoms with Crippen LogP contribution in [-0.2, 0) is 0 Å².